The molecule has 5 heteroatoms. The number of anilines is 1. The fraction of sp³-hybridized carbons (Fsp3) is 0.579. The number of aliphatic imine (C=N–C) groups is 1. The molecule has 24 heavy (non-hydrogen) atoms. The molecule has 128 valence electrons. The van der Waals surface area contributed by atoms with Gasteiger partial charge in [-0.25, -0.2) is 9.59 Å². The Kier molecular flexibility index (Phi) is 4.22. The van der Waals surface area contributed by atoms with Gasteiger partial charge in [-0.15, -0.1) is 0 Å². The first-order valence-electron chi connectivity index (χ1n) is 8.58. The molecule has 1 fully saturated rings. The molecule has 1 amide bonds. The number of rotatable bonds is 2. The van der Waals surface area contributed by atoms with Crippen LogP contribution in [0.25, 0.3) is 0 Å². The van der Waals surface area contributed by atoms with Crippen molar-refractivity contribution < 1.29 is 14.3 Å². The highest BCUT2D eigenvalue weighted by atomic mass is 16.6. The van der Waals surface area contributed by atoms with E-state index in [0.717, 1.165) is 48.9 Å². The number of fused-ring (bicyclic) bond motifs is 1. The summed E-state index contributed by atoms with van der Waals surface area (Å²) in [5.41, 5.74) is 2.09. The topological polar surface area (TPSA) is 59.0 Å². The van der Waals surface area contributed by atoms with Crippen molar-refractivity contribution in [3.8, 4) is 0 Å². The summed E-state index contributed by atoms with van der Waals surface area (Å²) in [5.74, 6) is 0. The minimum absolute atomic E-state index is 0.322. The number of benzene rings is 1. The Morgan fingerprint density at radius 2 is 2.00 bits per heavy atom. The van der Waals surface area contributed by atoms with Crippen LogP contribution in [-0.4, -0.2) is 24.3 Å². The molecular weight excluding hydrogens is 304 g/mol. The third kappa shape index (κ3) is 2.96. The van der Waals surface area contributed by atoms with Gasteiger partial charge in [-0.2, -0.15) is 4.99 Å². The van der Waals surface area contributed by atoms with E-state index in [-0.39, 0.29) is 6.09 Å². The van der Waals surface area contributed by atoms with Crippen LogP contribution in [0.4, 0.5) is 10.5 Å². The number of amides is 1. The second-order valence-electron chi connectivity index (χ2n) is 7.63. The maximum Gasteiger partial charge on any atom is 0.414 e. The van der Waals surface area contributed by atoms with E-state index in [1.165, 1.54) is 0 Å². The number of hydrogen-bond acceptors (Lipinski definition) is 4. The number of hydrogen-bond donors (Lipinski definition) is 0. The molecule has 1 aliphatic heterocycles. The van der Waals surface area contributed by atoms with E-state index >= 15 is 0 Å². The molecule has 3 rings (SSSR count). The van der Waals surface area contributed by atoms with Crippen molar-refractivity contribution >= 4 is 17.9 Å². The van der Waals surface area contributed by atoms with Crippen molar-refractivity contribution in [1.29, 1.82) is 0 Å². The Labute approximate surface area is 142 Å². The number of carbonyl (C=O) groups excluding carboxylic acids is 2. The molecule has 0 N–H and O–H groups in total. The highest BCUT2D eigenvalue weighted by molar-refractivity contribution is 5.91. The van der Waals surface area contributed by atoms with Gasteiger partial charge in [0.2, 0.25) is 6.08 Å². The van der Waals surface area contributed by atoms with E-state index in [9.17, 15) is 9.59 Å². The lowest BCUT2D eigenvalue weighted by molar-refractivity contribution is 0.0584. The minimum atomic E-state index is -0.522. The maximum atomic E-state index is 12.5. The van der Waals surface area contributed by atoms with Gasteiger partial charge in [0.1, 0.15) is 5.60 Å². The summed E-state index contributed by atoms with van der Waals surface area (Å²) in [6.45, 7) is 6.20. The van der Waals surface area contributed by atoms with E-state index in [2.05, 4.69) is 4.99 Å². The van der Waals surface area contributed by atoms with Gasteiger partial charge >= 0.3 is 6.09 Å². The minimum Gasteiger partial charge on any atom is -0.443 e. The van der Waals surface area contributed by atoms with Crippen LogP contribution >= 0.6 is 0 Å². The highest BCUT2D eigenvalue weighted by Gasteiger charge is 2.40. The highest BCUT2D eigenvalue weighted by Crippen LogP contribution is 2.46. The predicted molar refractivity (Wildman–Crippen MR) is 92.0 cm³/mol. The van der Waals surface area contributed by atoms with Gasteiger partial charge in [0.05, 0.1) is 11.2 Å². The second kappa shape index (κ2) is 6.06. The van der Waals surface area contributed by atoms with Crippen LogP contribution in [-0.2, 0) is 21.5 Å². The first-order valence-corrected chi connectivity index (χ1v) is 8.58. The third-order valence-electron chi connectivity index (χ3n) is 4.83. The van der Waals surface area contributed by atoms with E-state index in [4.69, 9.17) is 4.74 Å². The smallest absolute Gasteiger partial charge is 0.414 e. The standard InChI is InChI=1S/C19H24N2O3/c1-18(2,3)24-17(23)21-12-9-14-15(7-6-8-16(14)21)19(20-13-22)10-4-5-11-19/h6-8H,4-5,9-12H2,1-3H3. The summed E-state index contributed by atoms with van der Waals surface area (Å²) in [6, 6.07) is 5.93. The molecule has 0 bridgehead atoms. The Hall–Kier alpha value is -2.13. The average molecular weight is 328 g/mol. The van der Waals surface area contributed by atoms with Crippen molar-refractivity contribution in [3.63, 3.8) is 0 Å². The molecule has 2 aliphatic rings. The van der Waals surface area contributed by atoms with Crippen molar-refractivity contribution in [2.45, 2.75) is 64.0 Å². The number of carbonyl (C=O) groups is 1. The molecule has 0 unspecified atom stereocenters. The van der Waals surface area contributed by atoms with Crippen LogP contribution in [0, 0.1) is 0 Å². The molecule has 1 saturated carbocycles. The van der Waals surface area contributed by atoms with Crippen molar-refractivity contribution in [3.05, 3.63) is 29.3 Å². The molecule has 0 atom stereocenters. The Morgan fingerprint density at radius 3 is 2.62 bits per heavy atom. The van der Waals surface area contributed by atoms with E-state index in [1.54, 1.807) is 11.0 Å². The Balaban J connectivity index is 1.98. The molecule has 1 heterocycles. The molecular formula is C19H24N2O3. The lowest BCUT2D eigenvalue weighted by Crippen LogP contribution is -2.35. The number of nitrogens with zero attached hydrogens (tertiary/aromatic N) is 2. The van der Waals surface area contributed by atoms with Crippen molar-refractivity contribution in [1.82, 2.24) is 0 Å². The third-order valence-corrected chi connectivity index (χ3v) is 4.83. The zero-order valence-electron chi connectivity index (χ0n) is 14.6. The van der Waals surface area contributed by atoms with Crippen LogP contribution in [0.3, 0.4) is 0 Å². The number of ether oxygens (including phenoxy) is 1. The van der Waals surface area contributed by atoms with Gasteiger partial charge in [-0.1, -0.05) is 25.0 Å². The summed E-state index contributed by atoms with van der Waals surface area (Å²) in [4.78, 5) is 29.4. The lowest BCUT2D eigenvalue weighted by atomic mass is 9.84. The monoisotopic (exact) mass is 328 g/mol. The van der Waals surface area contributed by atoms with Gasteiger partial charge in [-0.3, -0.25) is 4.90 Å². The second-order valence-corrected chi connectivity index (χ2v) is 7.63. The number of isocyanates is 1. The summed E-state index contributed by atoms with van der Waals surface area (Å²) in [7, 11) is 0. The zero-order chi connectivity index (χ0) is 17.4. The molecule has 1 aliphatic carbocycles. The molecule has 1 aromatic carbocycles. The predicted octanol–water partition coefficient (Wildman–Crippen LogP) is 4.09. The van der Waals surface area contributed by atoms with Gasteiger partial charge in [0.15, 0.2) is 0 Å². The van der Waals surface area contributed by atoms with Gasteiger partial charge < -0.3 is 4.74 Å². The normalized spacial score (nSPS) is 18.9. The van der Waals surface area contributed by atoms with Gasteiger partial charge in [0, 0.05) is 6.54 Å². The average Bonchev–Trinajstić information content (AvgIpc) is 3.12. The quantitative estimate of drug-likeness (QED) is 0.607. The molecule has 0 spiro atoms. The van der Waals surface area contributed by atoms with Crippen LogP contribution in [0.5, 0.6) is 0 Å². The summed E-state index contributed by atoms with van der Waals surface area (Å²) < 4.78 is 5.52. The van der Waals surface area contributed by atoms with E-state index in [0.29, 0.717) is 6.54 Å². The van der Waals surface area contributed by atoms with Gasteiger partial charge in [-0.05, 0) is 57.2 Å². The Morgan fingerprint density at radius 1 is 1.29 bits per heavy atom. The van der Waals surface area contributed by atoms with Crippen LogP contribution < -0.4 is 4.90 Å². The van der Waals surface area contributed by atoms with Crippen LogP contribution in [0.1, 0.15) is 57.6 Å². The van der Waals surface area contributed by atoms with E-state index in [1.807, 2.05) is 39.0 Å². The molecule has 0 radical (unpaired) electrons. The van der Waals surface area contributed by atoms with Crippen LogP contribution in [0.15, 0.2) is 23.2 Å². The van der Waals surface area contributed by atoms with Gasteiger partial charge in [0.25, 0.3) is 0 Å². The molecule has 0 aromatic heterocycles. The SMILES string of the molecule is CC(C)(C)OC(=O)N1CCc2c1cccc2C1(N=C=O)CCCC1. The molecule has 5 nitrogen and oxygen atoms in total. The summed E-state index contributed by atoms with van der Waals surface area (Å²) >= 11 is 0. The largest absolute Gasteiger partial charge is 0.443 e. The van der Waals surface area contributed by atoms with Crippen molar-refractivity contribution in [2.75, 3.05) is 11.4 Å². The fourth-order valence-corrected chi connectivity index (χ4v) is 3.87. The van der Waals surface area contributed by atoms with E-state index < -0.39 is 11.1 Å². The first-order chi connectivity index (χ1) is 11.4. The van der Waals surface area contributed by atoms with Crippen molar-refractivity contribution in [2.24, 2.45) is 4.99 Å². The first kappa shape index (κ1) is 16.7. The fourth-order valence-electron chi connectivity index (χ4n) is 3.87. The molecule has 1 aromatic rings. The Bertz CT molecular complexity index is 693. The van der Waals surface area contributed by atoms with Crippen LogP contribution in [0.2, 0.25) is 0 Å². The maximum absolute atomic E-state index is 12.5. The molecule has 0 saturated heterocycles. The zero-order valence-corrected chi connectivity index (χ0v) is 14.6. The summed E-state index contributed by atoms with van der Waals surface area (Å²) in [5, 5.41) is 0. The lowest BCUT2D eigenvalue weighted by Gasteiger charge is -2.27. The summed E-state index contributed by atoms with van der Waals surface area (Å²) in [6.07, 6.45) is 6.07.